The van der Waals surface area contributed by atoms with E-state index in [-0.39, 0.29) is 17.0 Å². The molecule has 4 heteroatoms. The number of piperazine rings is 1. The highest BCUT2D eigenvalue weighted by atomic mass is 79.9. The summed E-state index contributed by atoms with van der Waals surface area (Å²) in [6.07, 6.45) is 15.4. The van der Waals surface area contributed by atoms with Crippen molar-refractivity contribution >= 4 is 5.91 Å². The molecule has 2 rings (SSSR count). The summed E-state index contributed by atoms with van der Waals surface area (Å²) >= 11 is 0. The number of carbonyl (C=O) groups excluding carboxylic acids is 1. The smallest absolute Gasteiger partial charge is 0.222 e. The molecule has 30 heavy (non-hydrogen) atoms. The Balaban J connectivity index is 0.00000450. The maximum atomic E-state index is 12.5. The van der Waals surface area contributed by atoms with Gasteiger partial charge in [-0.05, 0) is 6.42 Å². The van der Waals surface area contributed by atoms with Crippen molar-refractivity contribution in [3.63, 3.8) is 0 Å². The number of benzene rings is 1. The number of nitrogens with zero attached hydrogens (tertiary/aromatic N) is 2. The normalized spacial score (nSPS) is 15.6. The molecular weight excluding hydrogens is 436 g/mol. The lowest BCUT2D eigenvalue weighted by Gasteiger charge is -2.42. The molecule has 0 saturated carbocycles. The second-order valence-corrected chi connectivity index (χ2v) is 9.38. The predicted molar refractivity (Wildman–Crippen MR) is 124 cm³/mol. The van der Waals surface area contributed by atoms with E-state index in [0.29, 0.717) is 5.91 Å². The molecule has 172 valence electrons. The van der Waals surface area contributed by atoms with E-state index < -0.39 is 0 Å². The van der Waals surface area contributed by atoms with E-state index >= 15 is 0 Å². The van der Waals surface area contributed by atoms with Gasteiger partial charge in [0.2, 0.25) is 5.91 Å². The highest BCUT2D eigenvalue weighted by Crippen LogP contribution is 2.17. The summed E-state index contributed by atoms with van der Waals surface area (Å²) in [5.41, 5.74) is 1.40. The number of amides is 1. The van der Waals surface area contributed by atoms with Crippen LogP contribution in [0.4, 0.5) is 0 Å². The minimum absolute atomic E-state index is 0. The molecule has 1 aliphatic rings. The van der Waals surface area contributed by atoms with Gasteiger partial charge in [-0.2, -0.15) is 0 Å². The lowest BCUT2D eigenvalue weighted by atomic mass is 10.0. The van der Waals surface area contributed by atoms with Crippen molar-refractivity contribution in [1.29, 1.82) is 0 Å². The molecule has 1 amide bonds. The first-order valence-corrected chi connectivity index (χ1v) is 12.3. The fourth-order valence-corrected chi connectivity index (χ4v) is 4.48. The molecule has 1 aromatic rings. The minimum Gasteiger partial charge on any atom is -1.00 e. The largest absolute Gasteiger partial charge is 1.00 e. The summed E-state index contributed by atoms with van der Waals surface area (Å²) in [5, 5.41) is 0. The molecule has 0 bridgehead atoms. The summed E-state index contributed by atoms with van der Waals surface area (Å²) < 4.78 is 1.05. The molecule has 0 radical (unpaired) electrons. The molecule has 1 saturated heterocycles. The first-order chi connectivity index (χ1) is 14.1. The summed E-state index contributed by atoms with van der Waals surface area (Å²) in [6, 6.07) is 10.7. The Labute approximate surface area is 196 Å². The van der Waals surface area contributed by atoms with Gasteiger partial charge in [-0.3, -0.25) is 4.79 Å². The lowest BCUT2D eigenvalue weighted by Crippen LogP contribution is -3.00. The SMILES string of the molecule is CCCCCCCCCCCCCC(=O)N1CC[N+](C)(Cc2ccccc2)CC1.[Br-]. The molecule has 0 aliphatic carbocycles. The van der Waals surface area contributed by atoms with Gasteiger partial charge in [0.25, 0.3) is 0 Å². The first kappa shape index (κ1) is 27.2. The van der Waals surface area contributed by atoms with Crippen LogP contribution in [-0.4, -0.2) is 48.5 Å². The fourth-order valence-electron chi connectivity index (χ4n) is 4.48. The van der Waals surface area contributed by atoms with E-state index in [0.717, 1.165) is 50.0 Å². The quantitative estimate of drug-likeness (QED) is 0.295. The van der Waals surface area contributed by atoms with Crippen LogP contribution in [0, 0.1) is 0 Å². The molecule has 0 N–H and O–H groups in total. The molecule has 1 fully saturated rings. The number of rotatable bonds is 14. The van der Waals surface area contributed by atoms with Crippen molar-refractivity contribution in [3.05, 3.63) is 35.9 Å². The summed E-state index contributed by atoms with van der Waals surface area (Å²) in [4.78, 5) is 14.7. The molecule has 0 atom stereocenters. The van der Waals surface area contributed by atoms with Crippen LogP contribution in [0.3, 0.4) is 0 Å². The van der Waals surface area contributed by atoms with Crippen molar-refractivity contribution in [3.8, 4) is 0 Å². The number of carbonyl (C=O) groups is 1. The minimum atomic E-state index is 0. The standard InChI is InChI=1S/C26H45N2O.BrH/c1-3-4-5-6-7-8-9-10-11-12-16-19-26(29)27-20-22-28(2,23-21-27)24-25-17-14-13-15-18-25;/h13-15,17-18H,3-12,16,19-24H2,1-2H3;1H/q+1;/p-1. The van der Waals surface area contributed by atoms with Gasteiger partial charge in [0, 0.05) is 12.0 Å². The Kier molecular flexibility index (Phi) is 14.4. The summed E-state index contributed by atoms with van der Waals surface area (Å²) in [7, 11) is 2.33. The fraction of sp³-hybridized carbons (Fsp3) is 0.731. The number of unbranched alkanes of at least 4 members (excludes halogenated alkanes) is 10. The molecule has 0 unspecified atom stereocenters. The molecule has 0 spiro atoms. The zero-order valence-electron chi connectivity index (χ0n) is 19.6. The molecule has 1 aromatic carbocycles. The van der Waals surface area contributed by atoms with Crippen molar-refractivity contribution in [2.45, 2.75) is 90.5 Å². The number of halogens is 1. The van der Waals surface area contributed by atoms with Crippen LogP contribution in [0.25, 0.3) is 0 Å². The average Bonchev–Trinajstić information content (AvgIpc) is 2.73. The van der Waals surface area contributed by atoms with E-state index in [9.17, 15) is 4.79 Å². The molecular formula is C26H45BrN2O. The van der Waals surface area contributed by atoms with Crippen molar-refractivity contribution in [2.75, 3.05) is 33.2 Å². The first-order valence-electron chi connectivity index (χ1n) is 12.3. The van der Waals surface area contributed by atoms with Gasteiger partial charge < -0.3 is 26.4 Å². The lowest BCUT2D eigenvalue weighted by molar-refractivity contribution is -0.926. The molecule has 1 aliphatic heterocycles. The van der Waals surface area contributed by atoms with Crippen LogP contribution in [0.15, 0.2) is 30.3 Å². The van der Waals surface area contributed by atoms with Gasteiger partial charge in [0.05, 0.1) is 33.2 Å². The van der Waals surface area contributed by atoms with E-state index in [4.69, 9.17) is 0 Å². The summed E-state index contributed by atoms with van der Waals surface area (Å²) in [5.74, 6) is 0.381. The van der Waals surface area contributed by atoms with Crippen molar-refractivity contribution < 1.29 is 26.3 Å². The van der Waals surface area contributed by atoms with Crippen molar-refractivity contribution in [1.82, 2.24) is 4.90 Å². The van der Waals surface area contributed by atoms with Crippen LogP contribution < -0.4 is 17.0 Å². The zero-order valence-corrected chi connectivity index (χ0v) is 21.2. The predicted octanol–water partition coefficient (Wildman–Crippen LogP) is 3.18. The topological polar surface area (TPSA) is 20.3 Å². The molecule has 0 aromatic heterocycles. The van der Waals surface area contributed by atoms with E-state index in [1.165, 1.54) is 69.8 Å². The summed E-state index contributed by atoms with van der Waals surface area (Å²) in [6.45, 7) is 7.32. The highest BCUT2D eigenvalue weighted by molar-refractivity contribution is 5.76. The number of quaternary nitrogens is 1. The van der Waals surface area contributed by atoms with E-state index in [2.05, 4.69) is 49.2 Å². The van der Waals surface area contributed by atoms with Crippen LogP contribution in [0.1, 0.15) is 89.5 Å². The van der Waals surface area contributed by atoms with E-state index in [1.807, 2.05) is 0 Å². The maximum absolute atomic E-state index is 12.5. The van der Waals surface area contributed by atoms with Gasteiger partial charge in [-0.25, -0.2) is 0 Å². The second-order valence-electron chi connectivity index (χ2n) is 9.38. The number of hydrogen-bond acceptors (Lipinski definition) is 1. The third kappa shape index (κ3) is 10.9. The Morgan fingerprint density at radius 2 is 1.33 bits per heavy atom. The van der Waals surface area contributed by atoms with Crippen molar-refractivity contribution in [2.24, 2.45) is 0 Å². The Morgan fingerprint density at radius 1 is 0.833 bits per heavy atom. The van der Waals surface area contributed by atoms with Gasteiger partial charge in [0.15, 0.2) is 0 Å². The maximum Gasteiger partial charge on any atom is 0.222 e. The van der Waals surface area contributed by atoms with Crippen LogP contribution >= 0.6 is 0 Å². The Hall–Kier alpha value is -0.870. The second kappa shape index (κ2) is 15.9. The highest BCUT2D eigenvalue weighted by Gasteiger charge is 2.30. The third-order valence-electron chi connectivity index (χ3n) is 6.57. The van der Waals surface area contributed by atoms with Gasteiger partial charge in [-0.15, -0.1) is 0 Å². The van der Waals surface area contributed by atoms with Gasteiger partial charge >= 0.3 is 0 Å². The van der Waals surface area contributed by atoms with Crippen LogP contribution in [-0.2, 0) is 11.3 Å². The van der Waals surface area contributed by atoms with Gasteiger partial charge in [0.1, 0.15) is 6.54 Å². The van der Waals surface area contributed by atoms with Gasteiger partial charge in [-0.1, -0.05) is 101 Å². The third-order valence-corrected chi connectivity index (χ3v) is 6.57. The van der Waals surface area contributed by atoms with E-state index in [1.54, 1.807) is 0 Å². The Bertz CT molecular complexity index is 555. The Morgan fingerprint density at radius 3 is 1.87 bits per heavy atom. The van der Waals surface area contributed by atoms with Crippen LogP contribution in [0.5, 0.6) is 0 Å². The monoisotopic (exact) mass is 480 g/mol. The number of hydrogen-bond donors (Lipinski definition) is 0. The molecule has 1 heterocycles. The zero-order chi connectivity index (χ0) is 20.8. The average molecular weight is 482 g/mol. The van der Waals surface area contributed by atoms with Crippen LogP contribution in [0.2, 0.25) is 0 Å². The molecule has 3 nitrogen and oxygen atoms in total. The number of likely N-dealkylation sites (N-methyl/N-ethyl adjacent to an activating group) is 1.